The minimum atomic E-state index is -0.302. The molecule has 0 saturated carbocycles. The second kappa shape index (κ2) is 9.68. The Bertz CT molecular complexity index is 1320. The van der Waals surface area contributed by atoms with Gasteiger partial charge in [0, 0.05) is 25.2 Å². The van der Waals surface area contributed by atoms with Crippen molar-refractivity contribution in [2.45, 2.75) is 52.1 Å². The maximum Gasteiger partial charge on any atom is 0.332 e. The van der Waals surface area contributed by atoms with E-state index >= 15 is 0 Å². The van der Waals surface area contributed by atoms with Gasteiger partial charge in [-0.15, -0.1) is 0 Å². The lowest BCUT2D eigenvalue weighted by Gasteiger charge is -2.11. The van der Waals surface area contributed by atoms with Gasteiger partial charge in [0.25, 0.3) is 5.56 Å². The molecule has 0 aliphatic carbocycles. The average Bonchev–Trinajstić information content (AvgIpc) is 3.20. The molecule has 2 heterocycles. The molecule has 0 bridgehead atoms. The third-order valence-electron chi connectivity index (χ3n) is 5.69. The van der Waals surface area contributed by atoms with E-state index in [1.807, 2.05) is 54.6 Å². The molecule has 0 saturated heterocycles. The first kappa shape index (κ1) is 21.6. The summed E-state index contributed by atoms with van der Waals surface area (Å²) in [6.07, 6.45) is 3.97. The van der Waals surface area contributed by atoms with E-state index in [9.17, 15) is 9.59 Å². The second-order valence-electron chi connectivity index (χ2n) is 8.14. The summed E-state index contributed by atoms with van der Waals surface area (Å²) in [6, 6.07) is 17.6. The van der Waals surface area contributed by atoms with Crippen LogP contribution in [0, 0.1) is 0 Å². The molecule has 0 unspecified atom stereocenters. The third kappa shape index (κ3) is 4.66. The van der Waals surface area contributed by atoms with Crippen LogP contribution < -0.4 is 17.0 Å². The lowest BCUT2D eigenvalue weighted by Crippen LogP contribution is -2.40. The van der Waals surface area contributed by atoms with Gasteiger partial charge in [0.2, 0.25) is 0 Å². The third-order valence-corrected chi connectivity index (χ3v) is 5.69. The van der Waals surface area contributed by atoms with Crippen LogP contribution in [0.15, 0.2) is 64.2 Å². The van der Waals surface area contributed by atoms with Crippen LogP contribution in [0.5, 0.6) is 0 Å². The largest absolute Gasteiger partial charge is 0.399 e. The highest BCUT2D eigenvalue weighted by molar-refractivity contribution is 5.70. The van der Waals surface area contributed by atoms with Gasteiger partial charge in [0.15, 0.2) is 5.65 Å². The van der Waals surface area contributed by atoms with Gasteiger partial charge in [-0.2, -0.15) is 0 Å². The van der Waals surface area contributed by atoms with Crippen LogP contribution in [0.25, 0.3) is 11.2 Å². The quantitative estimate of drug-likeness (QED) is 0.313. The zero-order valence-electron chi connectivity index (χ0n) is 18.4. The number of hydrogen-bond acceptors (Lipinski definition) is 4. The maximum absolute atomic E-state index is 13.3. The molecule has 2 aromatic heterocycles. The van der Waals surface area contributed by atoms with Crippen LogP contribution >= 0.6 is 0 Å². The summed E-state index contributed by atoms with van der Waals surface area (Å²) in [7, 11) is 0. The monoisotopic (exact) mass is 431 g/mol. The number of nitrogens with two attached hydrogens (primary N) is 1. The standard InChI is InChI=1S/C25H29N5O2/c1-2-3-7-14-30-24(31)22-23(28-21(27-22)17-19-11-8-12-20(26)16-19)29(25(30)32)15-13-18-9-5-4-6-10-18/h4-6,8-12,16H,2-3,7,13-15,17,26H2,1H3,(H,27,28). The van der Waals surface area contributed by atoms with Gasteiger partial charge in [-0.1, -0.05) is 62.2 Å². The van der Waals surface area contributed by atoms with Gasteiger partial charge < -0.3 is 10.7 Å². The van der Waals surface area contributed by atoms with E-state index in [0.29, 0.717) is 48.6 Å². The molecule has 4 aromatic rings. The van der Waals surface area contributed by atoms with E-state index in [2.05, 4.69) is 16.9 Å². The Morgan fingerprint density at radius 1 is 0.938 bits per heavy atom. The number of nitrogen functional groups attached to an aromatic ring is 1. The maximum atomic E-state index is 13.3. The number of nitrogens with one attached hydrogen (secondary N) is 1. The summed E-state index contributed by atoms with van der Waals surface area (Å²) in [4.78, 5) is 34.3. The number of aromatic amines is 1. The topological polar surface area (TPSA) is 98.7 Å². The zero-order chi connectivity index (χ0) is 22.5. The number of unbranched alkanes of at least 4 members (excludes halogenated alkanes) is 2. The van der Waals surface area contributed by atoms with Crippen LogP contribution in [0.3, 0.4) is 0 Å². The zero-order valence-corrected chi connectivity index (χ0v) is 18.4. The molecule has 32 heavy (non-hydrogen) atoms. The van der Waals surface area contributed by atoms with E-state index in [-0.39, 0.29) is 11.2 Å². The van der Waals surface area contributed by atoms with Gasteiger partial charge in [0.1, 0.15) is 11.3 Å². The fourth-order valence-electron chi connectivity index (χ4n) is 4.00. The van der Waals surface area contributed by atoms with Crippen molar-refractivity contribution < 1.29 is 0 Å². The highest BCUT2D eigenvalue weighted by Gasteiger charge is 2.17. The highest BCUT2D eigenvalue weighted by Crippen LogP contribution is 2.14. The summed E-state index contributed by atoms with van der Waals surface area (Å²) in [6.45, 7) is 2.97. The van der Waals surface area contributed by atoms with Crippen molar-refractivity contribution in [1.82, 2.24) is 19.1 Å². The predicted molar refractivity (Wildman–Crippen MR) is 128 cm³/mol. The number of H-pyrrole nitrogens is 1. The van der Waals surface area contributed by atoms with Crippen molar-refractivity contribution in [2.24, 2.45) is 0 Å². The molecule has 7 nitrogen and oxygen atoms in total. The first-order valence-electron chi connectivity index (χ1n) is 11.2. The van der Waals surface area contributed by atoms with Crippen molar-refractivity contribution in [3.05, 3.63) is 92.4 Å². The SMILES string of the molecule is CCCCCn1c(=O)c2[nH]c(Cc3cccc(N)c3)nc2n(CCc2ccccc2)c1=O. The number of fused-ring (bicyclic) bond motifs is 1. The van der Waals surface area contributed by atoms with Crippen molar-refractivity contribution >= 4 is 16.9 Å². The molecule has 7 heteroatoms. The Hall–Kier alpha value is -3.61. The molecule has 0 aliphatic rings. The van der Waals surface area contributed by atoms with Crippen LogP contribution in [0.2, 0.25) is 0 Å². The number of anilines is 1. The molecular weight excluding hydrogens is 402 g/mol. The average molecular weight is 432 g/mol. The van der Waals surface area contributed by atoms with Gasteiger partial charge in [-0.25, -0.2) is 9.78 Å². The first-order chi connectivity index (χ1) is 15.6. The lowest BCUT2D eigenvalue weighted by molar-refractivity contribution is 0.531. The van der Waals surface area contributed by atoms with E-state index in [1.54, 1.807) is 4.57 Å². The molecule has 0 spiro atoms. The minimum Gasteiger partial charge on any atom is -0.399 e. The summed E-state index contributed by atoms with van der Waals surface area (Å²) in [5, 5.41) is 0. The number of rotatable bonds is 9. The van der Waals surface area contributed by atoms with Crippen molar-refractivity contribution in [3.8, 4) is 0 Å². The molecule has 0 amide bonds. The molecule has 0 radical (unpaired) electrons. The van der Waals surface area contributed by atoms with Crippen molar-refractivity contribution in [2.75, 3.05) is 5.73 Å². The Kier molecular flexibility index (Phi) is 6.54. The van der Waals surface area contributed by atoms with Crippen molar-refractivity contribution in [3.63, 3.8) is 0 Å². The van der Waals surface area contributed by atoms with E-state index in [1.165, 1.54) is 4.57 Å². The van der Waals surface area contributed by atoms with Crippen LogP contribution in [0.1, 0.15) is 43.1 Å². The molecular formula is C25H29N5O2. The molecule has 2 aromatic carbocycles. The van der Waals surface area contributed by atoms with Crippen LogP contribution in [-0.4, -0.2) is 19.1 Å². The molecule has 4 rings (SSSR count). The predicted octanol–water partition coefficient (Wildman–Crippen LogP) is 3.49. The highest BCUT2D eigenvalue weighted by atomic mass is 16.2. The molecule has 0 atom stereocenters. The van der Waals surface area contributed by atoms with Gasteiger partial charge in [-0.3, -0.25) is 13.9 Å². The Morgan fingerprint density at radius 2 is 1.72 bits per heavy atom. The van der Waals surface area contributed by atoms with E-state index in [0.717, 1.165) is 30.4 Å². The van der Waals surface area contributed by atoms with E-state index < -0.39 is 0 Å². The fraction of sp³-hybridized carbons (Fsp3) is 0.320. The molecule has 0 fully saturated rings. The Balaban J connectivity index is 1.75. The lowest BCUT2D eigenvalue weighted by atomic mass is 10.1. The second-order valence-corrected chi connectivity index (χ2v) is 8.14. The van der Waals surface area contributed by atoms with Gasteiger partial charge >= 0.3 is 5.69 Å². The van der Waals surface area contributed by atoms with Gasteiger partial charge in [-0.05, 0) is 36.1 Å². The summed E-state index contributed by atoms with van der Waals surface area (Å²) >= 11 is 0. The number of hydrogen-bond donors (Lipinski definition) is 2. The van der Waals surface area contributed by atoms with Gasteiger partial charge in [0.05, 0.1) is 0 Å². The number of benzene rings is 2. The fourth-order valence-corrected chi connectivity index (χ4v) is 4.00. The Morgan fingerprint density at radius 3 is 2.47 bits per heavy atom. The van der Waals surface area contributed by atoms with Crippen LogP contribution in [-0.2, 0) is 25.9 Å². The summed E-state index contributed by atoms with van der Waals surface area (Å²) in [5.74, 6) is 0.641. The number of aromatic nitrogens is 4. The number of imidazole rings is 1. The molecule has 166 valence electrons. The van der Waals surface area contributed by atoms with Crippen LogP contribution in [0.4, 0.5) is 5.69 Å². The number of aryl methyl sites for hydroxylation is 2. The normalized spacial score (nSPS) is 11.3. The minimum absolute atomic E-state index is 0.295. The smallest absolute Gasteiger partial charge is 0.332 e. The van der Waals surface area contributed by atoms with Crippen molar-refractivity contribution in [1.29, 1.82) is 0 Å². The summed E-state index contributed by atoms with van der Waals surface area (Å²) < 4.78 is 2.99. The van der Waals surface area contributed by atoms with E-state index in [4.69, 9.17) is 5.73 Å². The Labute approximate surface area is 186 Å². The number of nitrogens with zero attached hydrogens (tertiary/aromatic N) is 3. The first-order valence-corrected chi connectivity index (χ1v) is 11.2. The molecule has 0 aliphatic heterocycles. The summed E-state index contributed by atoms with van der Waals surface area (Å²) in [5.41, 5.74) is 8.90. The molecule has 3 N–H and O–H groups in total.